The molecule has 0 bridgehead atoms. The lowest BCUT2D eigenvalue weighted by Gasteiger charge is -2.26. The molecular formula is C40H31N. The maximum atomic E-state index is 2.36. The van der Waals surface area contributed by atoms with E-state index >= 15 is 0 Å². The van der Waals surface area contributed by atoms with Gasteiger partial charge in [0.2, 0.25) is 0 Å². The van der Waals surface area contributed by atoms with Crippen LogP contribution in [0.15, 0.2) is 152 Å². The van der Waals surface area contributed by atoms with Crippen LogP contribution in [0.4, 0.5) is 17.1 Å². The summed E-state index contributed by atoms with van der Waals surface area (Å²) in [4.78, 5) is 2.36. The Morgan fingerprint density at radius 2 is 0.854 bits per heavy atom. The third-order valence-corrected chi connectivity index (χ3v) is 8.19. The molecule has 7 aromatic rings. The lowest BCUT2D eigenvalue weighted by molar-refractivity contribution is 1.29. The summed E-state index contributed by atoms with van der Waals surface area (Å²) in [7, 11) is 0. The zero-order valence-electron chi connectivity index (χ0n) is 23.4. The van der Waals surface area contributed by atoms with E-state index in [9.17, 15) is 0 Å². The van der Waals surface area contributed by atoms with Crippen LogP contribution in [0.5, 0.6) is 0 Å². The fourth-order valence-electron chi connectivity index (χ4n) is 5.73. The maximum absolute atomic E-state index is 2.36. The summed E-state index contributed by atoms with van der Waals surface area (Å²) in [6.45, 7) is 4.34. The summed E-state index contributed by atoms with van der Waals surface area (Å²) in [6.07, 6.45) is 0. The lowest BCUT2D eigenvalue weighted by Crippen LogP contribution is -2.09. The van der Waals surface area contributed by atoms with E-state index in [1.807, 2.05) is 0 Å². The third kappa shape index (κ3) is 4.77. The van der Waals surface area contributed by atoms with Gasteiger partial charge in [-0.1, -0.05) is 115 Å². The first-order valence-corrected chi connectivity index (χ1v) is 14.2. The van der Waals surface area contributed by atoms with Crippen LogP contribution >= 0.6 is 0 Å². The van der Waals surface area contributed by atoms with E-state index in [-0.39, 0.29) is 0 Å². The number of hydrogen-bond acceptors (Lipinski definition) is 1. The van der Waals surface area contributed by atoms with Crippen LogP contribution in [0.1, 0.15) is 11.1 Å². The second-order valence-electron chi connectivity index (χ2n) is 10.8. The maximum Gasteiger partial charge on any atom is 0.0468 e. The first-order valence-electron chi connectivity index (χ1n) is 14.2. The van der Waals surface area contributed by atoms with Crippen molar-refractivity contribution in [2.45, 2.75) is 13.8 Å². The van der Waals surface area contributed by atoms with Gasteiger partial charge in [-0.15, -0.1) is 0 Å². The number of rotatable bonds is 5. The van der Waals surface area contributed by atoms with Gasteiger partial charge in [0.1, 0.15) is 0 Å². The fourth-order valence-corrected chi connectivity index (χ4v) is 5.73. The molecule has 1 nitrogen and oxygen atoms in total. The Labute approximate surface area is 242 Å². The topological polar surface area (TPSA) is 3.24 Å². The lowest BCUT2D eigenvalue weighted by atomic mass is 9.99. The van der Waals surface area contributed by atoms with Crippen molar-refractivity contribution >= 4 is 38.6 Å². The van der Waals surface area contributed by atoms with Crippen LogP contribution in [0.25, 0.3) is 43.8 Å². The average Bonchev–Trinajstić information content (AvgIpc) is 3.03. The zero-order chi connectivity index (χ0) is 27.8. The molecule has 0 heterocycles. The molecule has 0 saturated carbocycles. The van der Waals surface area contributed by atoms with Crippen molar-refractivity contribution in [1.29, 1.82) is 0 Å². The second-order valence-corrected chi connectivity index (χ2v) is 10.8. The molecule has 0 aliphatic carbocycles. The average molecular weight is 526 g/mol. The predicted octanol–water partition coefficient (Wildman–Crippen LogP) is 11.4. The Morgan fingerprint density at radius 1 is 0.341 bits per heavy atom. The summed E-state index contributed by atoms with van der Waals surface area (Å²) in [5.41, 5.74) is 10.9. The van der Waals surface area contributed by atoms with E-state index in [0.29, 0.717) is 0 Å². The molecule has 196 valence electrons. The second kappa shape index (κ2) is 10.4. The van der Waals surface area contributed by atoms with Crippen LogP contribution in [-0.2, 0) is 0 Å². The number of fused-ring (bicyclic) bond motifs is 3. The highest BCUT2D eigenvalue weighted by Gasteiger charge is 2.15. The first-order chi connectivity index (χ1) is 20.1. The summed E-state index contributed by atoms with van der Waals surface area (Å²) in [5.74, 6) is 0. The van der Waals surface area contributed by atoms with E-state index in [1.165, 1.54) is 54.9 Å². The van der Waals surface area contributed by atoms with Crippen LogP contribution in [0, 0.1) is 13.8 Å². The van der Waals surface area contributed by atoms with Gasteiger partial charge < -0.3 is 4.90 Å². The van der Waals surface area contributed by atoms with Crippen molar-refractivity contribution in [2.75, 3.05) is 4.90 Å². The Hall–Kier alpha value is -5.14. The molecule has 0 unspecified atom stereocenters. The fraction of sp³-hybridized carbons (Fsp3) is 0.0500. The van der Waals surface area contributed by atoms with Crippen LogP contribution in [0.2, 0.25) is 0 Å². The standard InChI is InChI=1S/C40H31N/c1-28-12-13-35(26-29(28)2)32-18-23-37(24-19-32)41(36-21-16-31(17-22-36)30-8-4-3-5-9-30)38-25-20-34-15-14-33-10-6-7-11-39(33)40(34)27-38/h3-27H,1-2H3. The Kier molecular flexibility index (Phi) is 6.34. The molecule has 41 heavy (non-hydrogen) atoms. The van der Waals surface area contributed by atoms with Crippen LogP contribution in [0.3, 0.4) is 0 Å². The first kappa shape index (κ1) is 24.9. The van der Waals surface area contributed by atoms with Gasteiger partial charge in [-0.3, -0.25) is 0 Å². The number of anilines is 3. The highest BCUT2D eigenvalue weighted by molar-refractivity contribution is 6.09. The smallest absolute Gasteiger partial charge is 0.0468 e. The molecule has 0 N–H and O–H groups in total. The van der Waals surface area contributed by atoms with Gasteiger partial charge in [0, 0.05) is 17.1 Å². The predicted molar refractivity (Wildman–Crippen MR) is 176 cm³/mol. The van der Waals surface area contributed by atoms with Crippen molar-refractivity contribution in [3.63, 3.8) is 0 Å². The van der Waals surface area contributed by atoms with Crippen molar-refractivity contribution in [2.24, 2.45) is 0 Å². The van der Waals surface area contributed by atoms with E-state index < -0.39 is 0 Å². The number of aryl methyl sites for hydroxylation is 2. The number of hydrogen-bond donors (Lipinski definition) is 0. The molecule has 0 aromatic heterocycles. The highest BCUT2D eigenvalue weighted by Crippen LogP contribution is 2.39. The molecule has 0 amide bonds. The molecule has 0 atom stereocenters. The van der Waals surface area contributed by atoms with E-state index in [0.717, 1.165) is 17.1 Å². The van der Waals surface area contributed by atoms with Crippen LogP contribution in [-0.4, -0.2) is 0 Å². The Morgan fingerprint density at radius 3 is 1.54 bits per heavy atom. The van der Waals surface area contributed by atoms with Gasteiger partial charge in [-0.05, 0) is 105 Å². The Balaban J connectivity index is 1.35. The molecule has 0 spiro atoms. The summed E-state index contributed by atoms with van der Waals surface area (Å²) >= 11 is 0. The monoisotopic (exact) mass is 525 g/mol. The van der Waals surface area contributed by atoms with Crippen molar-refractivity contribution in [3.8, 4) is 22.3 Å². The minimum Gasteiger partial charge on any atom is -0.310 e. The van der Waals surface area contributed by atoms with Crippen molar-refractivity contribution in [1.82, 2.24) is 0 Å². The van der Waals surface area contributed by atoms with E-state index in [1.54, 1.807) is 0 Å². The molecule has 0 fully saturated rings. The third-order valence-electron chi connectivity index (χ3n) is 8.19. The molecule has 0 aliphatic heterocycles. The molecule has 0 radical (unpaired) electrons. The highest BCUT2D eigenvalue weighted by atomic mass is 15.1. The minimum atomic E-state index is 1.13. The van der Waals surface area contributed by atoms with Gasteiger partial charge in [-0.25, -0.2) is 0 Å². The van der Waals surface area contributed by atoms with Gasteiger partial charge in [0.25, 0.3) is 0 Å². The number of benzene rings is 7. The zero-order valence-corrected chi connectivity index (χ0v) is 23.4. The van der Waals surface area contributed by atoms with Gasteiger partial charge in [-0.2, -0.15) is 0 Å². The normalized spacial score (nSPS) is 11.2. The molecule has 0 saturated heterocycles. The van der Waals surface area contributed by atoms with Crippen LogP contribution < -0.4 is 4.90 Å². The summed E-state index contributed by atoms with van der Waals surface area (Å²) < 4.78 is 0. The molecule has 7 aromatic carbocycles. The quantitative estimate of drug-likeness (QED) is 0.202. The van der Waals surface area contributed by atoms with Crippen molar-refractivity contribution in [3.05, 3.63) is 163 Å². The van der Waals surface area contributed by atoms with Gasteiger partial charge in [0.05, 0.1) is 0 Å². The molecule has 1 heteroatoms. The van der Waals surface area contributed by atoms with E-state index in [4.69, 9.17) is 0 Å². The summed E-state index contributed by atoms with van der Waals surface area (Å²) in [6, 6.07) is 55.0. The van der Waals surface area contributed by atoms with Gasteiger partial charge in [0.15, 0.2) is 0 Å². The summed E-state index contributed by atoms with van der Waals surface area (Å²) in [5, 5.41) is 5.04. The van der Waals surface area contributed by atoms with Gasteiger partial charge >= 0.3 is 0 Å². The Bertz CT molecular complexity index is 1990. The largest absolute Gasteiger partial charge is 0.310 e. The molecule has 0 aliphatic rings. The molecular weight excluding hydrogens is 494 g/mol. The molecule has 7 rings (SSSR count). The number of nitrogens with zero attached hydrogens (tertiary/aromatic N) is 1. The van der Waals surface area contributed by atoms with E-state index in [2.05, 4.69) is 170 Å². The SMILES string of the molecule is Cc1ccc(-c2ccc(N(c3ccc(-c4ccccc4)cc3)c3ccc4ccc5ccccc5c4c3)cc2)cc1C. The minimum absolute atomic E-state index is 1.13. The van der Waals surface area contributed by atoms with Crippen molar-refractivity contribution < 1.29 is 0 Å².